The first kappa shape index (κ1) is 31.2. The van der Waals surface area contributed by atoms with E-state index in [9.17, 15) is 4.79 Å². The van der Waals surface area contributed by atoms with E-state index in [1.54, 1.807) is 0 Å². The van der Waals surface area contributed by atoms with Crippen LogP contribution in [0.5, 0.6) is 0 Å². The minimum absolute atomic E-state index is 0.0737. The Hall–Kier alpha value is -0.790. The molecule has 0 aliphatic heterocycles. The minimum Gasteiger partial charge on any atom is -0.465 e. The van der Waals surface area contributed by atoms with Crippen LogP contribution in [-0.2, 0) is 9.53 Å². The molecule has 0 bridgehead atoms. The predicted molar refractivity (Wildman–Crippen MR) is 142 cm³/mol. The summed E-state index contributed by atoms with van der Waals surface area (Å²) >= 11 is 0. The molecule has 0 saturated heterocycles. The molecule has 0 spiro atoms. The van der Waals surface area contributed by atoms with Gasteiger partial charge in [0.05, 0.1) is 12.5 Å². The fraction of sp³-hybridized carbons (Fsp3) is 0.900. The summed E-state index contributed by atoms with van der Waals surface area (Å²) in [5.41, 5.74) is 0. The van der Waals surface area contributed by atoms with E-state index in [-0.39, 0.29) is 11.9 Å². The Balaban J connectivity index is 3.84. The molecule has 2 nitrogen and oxygen atoms in total. The van der Waals surface area contributed by atoms with E-state index in [4.69, 9.17) is 4.74 Å². The molecule has 0 rings (SSSR count). The number of hydrogen-bond acceptors (Lipinski definition) is 2. The highest BCUT2D eigenvalue weighted by Gasteiger charge is 2.19. The zero-order valence-electron chi connectivity index (χ0n) is 22.3. The van der Waals surface area contributed by atoms with Crippen molar-refractivity contribution in [2.24, 2.45) is 5.92 Å². The molecule has 0 heterocycles. The van der Waals surface area contributed by atoms with Gasteiger partial charge in [-0.25, -0.2) is 0 Å². The monoisotopic (exact) mass is 450 g/mol. The second-order valence-electron chi connectivity index (χ2n) is 9.79. The Morgan fingerprint density at radius 3 is 1.44 bits per heavy atom. The molecule has 0 fully saturated rings. The van der Waals surface area contributed by atoms with Gasteiger partial charge in [0.2, 0.25) is 0 Å². The van der Waals surface area contributed by atoms with E-state index >= 15 is 0 Å². The number of allylic oxidation sites excluding steroid dienone is 2. The standard InChI is InChI=1S/C30H58O2/c1-4-7-10-12-14-15-16-17-18-19-20-21-23-25-27-29(30(31)32-28-9-6-3)26-24-22-13-11-8-5-2/h17-18,29H,4-16,19-28H2,1-3H3/b18-17-. The summed E-state index contributed by atoms with van der Waals surface area (Å²) < 4.78 is 5.56. The molecule has 0 aromatic rings. The van der Waals surface area contributed by atoms with Crippen molar-refractivity contribution in [3.63, 3.8) is 0 Å². The van der Waals surface area contributed by atoms with Crippen LogP contribution in [0.15, 0.2) is 12.2 Å². The molecule has 0 saturated carbocycles. The molecule has 2 heteroatoms. The third-order valence-electron chi connectivity index (χ3n) is 6.55. The van der Waals surface area contributed by atoms with Gasteiger partial charge < -0.3 is 4.74 Å². The number of unbranched alkanes of at least 4 members (excludes halogenated alkanes) is 16. The van der Waals surface area contributed by atoms with E-state index < -0.39 is 0 Å². The average Bonchev–Trinajstić information content (AvgIpc) is 2.80. The molecular weight excluding hydrogens is 392 g/mol. The van der Waals surface area contributed by atoms with Crippen LogP contribution >= 0.6 is 0 Å². The Bertz CT molecular complexity index is 402. The van der Waals surface area contributed by atoms with Gasteiger partial charge in [0, 0.05) is 0 Å². The second kappa shape index (κ2) is 26.5. The molecule has 0 aliphatic rings. The summed E-state index contributed by atoms with van der Waals surface area (Å²) in [5.74, 6) is 0.208. The Morgan fingerprint density at radius 2 is 0.969 bits per heavy atom. The summed E-state index contributed by atoms with van der Waals surface area (Å²) in [5, 5.41) is 0. The maximum atomic E-state index is 12.5. The van der Waals surface area contributed by atoms with Crippen molar-refractivity contribution in [3.8, 4) is 0 Å². The molecule has 32 heavy (non-hydrogen) atoms. The number of hydrogen-bond donors (Lipinski definition) is 0. The summed E-state index contributed by atoms with van der Waals surface area (Å²) in [6, 6.07) is 0. The Kier molecular flexibility index (Phi) is 25.8. The van der Waals surface area contributed by atoms with Crippen molar-refractivity contribution in [2.75, 3.05) is 6.61 Å². The fourth-order valence-corrected chi connectivity index (χ4v) is 4.27. The third kappa shape index (κ3) is 22.4. The first-order chi connectivity index (χ1) is 15.8. The van der Waals surface area contributed by atoms with E-state index in [0.29, 0.717) is 6.61 Å². The van der Waals surface area contributed by atoms with Crippen molar-refractivity contribution in [3.05, 3.63) is 12.2 Å². The number of ether oxygens (including phenoxy) is 1. The topological polar surface area (TPSA) is 26.3 Å². The van der Waals surface area contributed by atoms with Crippen molar-refractivity contribution in [2.45, 2.75) is 162 Å². The van der Waals surface area contributed by atoms with E-state index in [2.05, 4.69) is 32.9 Å². The molecule has 190 valence electrons. The maximum Gasteiger partial charge on any atom is 0.308 e. The molecule has 1 atom stereocenters. The van der Waals surface area contributed by atoms with Gasteiger partial charge in [-0.2, -0.15) is 0 Å². The predicted octanol–water partition coefficient (Wildman–Crippen LogP) is 10.3. The zero-order chi connectivity index (χ0) is 23.5. The van der Waals surface area contributed by atoms with Gasteiger partial charge >= 0.3 is 5.97 Å². The fourth-order valence-electron chi connectivity index (χ4n) is 4.27. The van der Waals surface area contributed by atoms with Crippen LogP contribution in [0.3, 0.4) is 0 Å². The lowest BCUT2D eigenvalue weighted by molar-refractivity contribution is -0.149. The summed E-state index contributed by atoms with van der Waals surface area (Å²) in [4.78, 5) is 12.5. The second-order valence-corrected chi connectivity index (χ2v) is 9.79. The number of esters is 1. The van der Waals surface area contributed by atoms with Crippen molar-refractivity contribution in [1.82, 2.24) is 0 Å². The van der Waals surface area contributed by atoms with Gasteiger partial charge in [-0.1, -0.05) is 129 Å². The quantitative estimate of drug-likeness (QED) is 0.0785. The lowest BCUT2D eigenvalue weighted by Gasteiger charge is -2.16. The van der Waals surface area contributed by atoms with Crippen LogP contribution in [-0.4, -0.2) is 12.6 Å². The number of carbonyl (C=O) groups is 1. The lowest BCUT2D eigenvalue weighted by atomic mass is 9.94. The number of carbonyl (C=O) groups excluding carboxylic acids is 1. The van der Waals surface area contributed by atoms with Gasteiger partial charge in [-0.05, 0) is 44.9 Å². The van der Waals surface area contributed by atoms with E-state index in [1.807, 2.05) is 0 Å². The molecule has 0 amide bonds. The molecule has 0 radical (unpaired) electrons. The van der Waals surface area contributed by atoms with Gasteiger partial charge in [-0.3, -0.25) is 4.79 Å². The Labute approximate surface area is 202 Å². The summed E-state index contributed by atoms with van der Waals surface area (Å²) in [6.07, 6.45) is 32.4. The number of rotatable bonds is 25. The average molecular weight is 451 g/mol. The van der Waals surface area contributed by atoms with Crippen LogP contribution in [0.4, 0.5) is 0 Å². The Morgan fingerprint density at radius 1 is 0.562 bits per heavy atom. The largest absolute Gasteiger partial charge is 0.465 e. The van der Waals surface area contributed by atoms with Crippen molar-refractivity contribution >= 4 is 5.97 Å². The SMILES string of the molecule is CCCCCCCC/C=C\CCCCCCC(CCCCCCCC)C(=O)OCCCC. The van der Waals surface area contributed by atoms with Crippen LogP contribution in [0.25, 0.3) is 0 Å². The first-order valence-electron chi connectivity index (χ1n) is 14.6. The maximum absolute atomic E-state index is 12.5. The van der Waals surface area contributed by atoms with E-state index in [1.165, 1.54) is 116 Å². The van der Waals surface area contributed by atoms with Gasteiger partial charge in [0.1, 0.15) is 0 Å². The van der Waals surface area contributed by atoms with Gasteiger partial charge in [0.15, 0.2) is 0 Å². The van der Waals surface area contributed by atoms with Crippen LogP contribution < -0.4 is 0 Å². The van der Waals surface area contributed by atoms with Crippen molar-refractivity contribution in [1.29, 1.82) is 0 Å². The van der Waals surface area contributed by atoms with Crippen LogP contribution in [0.1, 0.15) is 162 Å². The molecule has 1 unspecified atom stereocenters. The first-order valence-corrected chi connectivity index (χ1v) is 14.6. The van der Waals surface area contributed by atoms with Crippen LogP contribution in [0, 0.1) is 5.92 Å². The summed E-state index contributed by atoms with van der Waals surface area (Å²) in [6.45, 7) is 7.29. The highest BCUT2D eigenvalue weighted by atomic mass is 16.5. The molecule has 0 N–H and O–H groups in total. The molecule has 0 aromatic heterocycles. The highest BCUT2D eigenvalue weighted by Crippen LogP contribution is 2.21. The van der Waals surface area contributed by atoms with E-state index in [0.717, 1.165) is 25.7 Å². The molecule has 0 aromatic carbocycles. The molecular formula is C30H58O2. The van der Waals surface area contributed by atoms with Gasteiger partial charge in [0.25, 0.3) is 0 Å². The zero-order valence-corrected chi connectivity index (χ0v) is 22.3. The normalized spacial score (nSPS) is 12.5. The van der Waals surface area contributed by atoms with Crippen molar-refractivity contribution < 1.29 is 9.53 Å². The third-order valence-corrected chi connectivity index (χ3v) is 6.55. The van der Waals surface area contributed by atoms with Gasteiger partial charge in [-0.15, -0.1) is 0 Å². The smallest absolute Gasteiger partial charge is 0.308 e. The highest BCUT2D eigenvalue weighted by molar-refractivity contribution is 5.72. The van der Waals surface area contributed by atoms with Crippen LogP contribution in [0.2, 0.25) is 0 Å². The lowest BCUT2D eigenvalue weighted by Crippen LogP contribution is -2.18. The minimum atomic E-state index is 0.0737. The molecule has 0 aliphatic carbocycles. The summed E-state index contributed by atoms with van der Waals surface area (Å²) in [7, 11) is 0.